The van der Waals surface area contributed by atoms with E-state index >= 15 is 0 Å². The summed E-state index contributed by atoms with van der Waals surface area (Å²) in [5.41, 5.74) is 0.585. The van der Waals surface area contributed by atoms with E-state index in [1.165, 1.54) is 17.4 Å². The second-order valence-electron chi connectivity index (χ2n) is 4.06. The smallest absolute Gasteiger partial charge is 0.342 e. The van der Waals surface area contributed by atoms with Crippen molar-refractivity contribution < 1.29 is 19.4 Å². The molecule has 0 spiro atoms. The highest BCUT2D eigenvalue weighted by molar-refractivity contribution is 9.11. The van der Waals surface area contributed by atoms with Crippen LogP contribution in [0.4, 0.5) is 5.13 Å². The van der Waals surface area contributed by atoms with Crippen molar-refractivity contribution in [1.82, 2.24) is 4.98 Å². The highest BCUT2D eigenvalue weighted by Crippen LogP contribution is 2.23. The quantitative estimate of drug-likeness (QED) is 0.807. The van der Waals surface area contributed by atoms with Crippen molar-refractivity contribution >= 4 is 44.3 Å². The molecule has 1 aromatic heterocycles. The van der Waals surface area contributed by atoms with Crippen LogP contribution in [0.25, 0.3) is 0 Å². The van der Waals surface area contributed by atoms with E-state index in [1.54, 1.807) is 25.3 Å². The number of aryl methyl sites for hydroxylation is 1. The number of anilines is 1. The highest BCUT2D eigenvalue weighted by atomic mass is 79.9. The number of aromatic hydroxyl groups is 1. The Morgan fingerprint density at radius 2 is 2.24 bits per heavy atom. The average molecular weight is 371 g/mol. The van der Waals surface area contributed by atoms with Gasteiger partial charge in [-0.1, -0.05) is 23.5 Å². The molecule has 0 radical (unpaired) electrons. The fourth-order valence-electron chi connectivity index (χ4n) is 1.50. The summed E-state index contributed by atoms with van der Waals surface area (Å²) in [7, 11) is 0. The molecule has 0 atom stereocenters. The number of hydrogen-bond donors (Lipinski definition) is 2. The Balaban J connectivity index is 1.92. The number of thiazole rings is 1. The molecule has 1 heterocycles. The Morgan fingerprint density at radius 3 is 2.90 bits per heavy atom. The van der Waals surface area contributed by atoms with Gasteiger partial charge in [-0.15, -0.1) is 0 Å². The number of carbonyl (C=O) groups excluding carboxylic acids is 2. The molecule has 0 saturated carbocycles. The first-order chi connectivity index (χ1) is 9.97. The number of aromatic nitrogens is 1. The van der Waals surface area contributed by atoms with Crippen LogP contribution in [0.15, 0.2) is 28.2 Å². The lowest BCUT2D eigenvalue weighted by Crippen LogP contribution is -2.20. The number of hydrogen-bond acceptors (Lipinski definition) is 6. The van der Waals surface area contributed by atoms with Crippen molar-refractivity contribution in [3.63, 3.8) is 0 Å². The summed E-state index contributed by atoms with van der Waals surface area (Å²) in [6.07, 6.45) is 1.55. The van der Waals surface area contributed by atoms with Gasteiger partial charge < -0.3 is 9.84 Å². The molecule has 0 bridgehead atoms. The van der Waals surface area contributed by atoms with E-state index in [0.29, 0.717) is 10.7 Å². The predicted octanol–water partition coefficient (Wildman–Crippen LogP) is 2.72. The second-order valence-corrected chi connectivity index (χ2v) is 6.47. The molecule has 0 saturated heterocycles. The molecular formula is C13H11BrN2O4S. The minimum atomic E-state index is -0.758. The van der Waals surface area contributed by atoms with E-state index in [1.807, 2.05) is 0 Å². The summed E-state index contributed by atoms with van der Waals surface area (Å²) in [5.74, 6) is -1.41. The molecule has 2 aromatic rings. The number of carbonyl (C=O) groups is 2. The molecule has 0 unspecified atom stereocenters. The lowest BCUT2D eigenvalue weighted by molar-refractivity contribution is -0.119. The molecule has 0 aliphatic rings. The number of nitrogens with zero attached hydrogens (tertiary/aromatic N) is 1. The topological polar surface area (TPSA) is 88.5 Å². The molecule has 8 heteroatoms. The number of phenols is 1. The third kappa shape index (κ3) is 4.02. The normalized spacial score (nSPS) is 10.2. The lowest BCUT2D eigenvalue weighted by atomic mass is 10.1. The van der Waals surface area contributed by atoms with Crippen molar-refractivity contribution in [2.45, 2.75) is 6.92 Å². The molecule has 1 amide bonds. The summed E-state index contributed by atoms with van der Waals surface area (Å²) in [6.45, 7) is 1.21. The Morgan fingerprint density at radius 1 is 1.48 bits per heavy atom. The van der Waals surface area contributed by atoms with Gasteiger partial charge in [0.15, 0.2) is 11.7 Å². The number of phenolic OH excluding ortho intramolecular Hbond substituents is 1. The Bertz CT molecular complexity index is 687. The van der Waals surface area contributed by atoms with Crippen LogP contribution < -0.4 is 5.32 Å². The maximum Gasteiger partial charge on any atom is 0.342 e. The first-order valence-electron chi connectivity index (χ1n) is 5.84. The first kappa shape index (κ1) is 15.5. The third-order valence-corrected chi connectivity index (χ3v) is 3.91. The van der Waals surface area contributed by atoms with Crippen LogP contribution in [-0.2, 0) is 9.53 Å². The van der Waals surface area contributed by atoms with Crippen LogP contribution in [0.3, 0.4) is 0 Å². The van der Waals surface area contributed by atoms with Crippen LogP contribution in [0, 0.1) is 6.92 Å². The number of benzene rings is 1. The molecular weight excluding hydrogens is 360 g/mol. The maximum atomic E-state index is 11.8. The van der Waals surface area contributed by atoms with Gasteiger partial charge in [0.05, 0.1) is 9.98 Å². The zero-order valence-electron chi connectivity index (χ0n) is 10.9. The molecule has 21 heavy (non-hydrogen) atoms. The SMILES string of the molecule is Cc1cccc(C(=O)OCC(=O)Nc2ncc(Br)s2)c1O. The highest BCUT2D eigenvalue weighted by Gasteiger charge is 2.15. The van der Waals surface area contributed by atoms with Gasteiger partial charge in [0.2, 0.25) is 0 Å². The molecule has 0 aliphatic carbocycles. The predicted molar refractivity (Wildman–Crippen MR) is 81.6 cm³/mol. The van der Waals surface area contributed by atoms with Crippen molar-refractivity contribution in [2.75, 3.05) is 11.9 Å². The standard InChI is InChI=1S/C13H11BrN2O4S/c1-7-3-2-4-8(11(7)18)12(19)20-6-10(17)16-13-15-5-9(14)21-13/h2-5,18H,6H2,1H3,(H,15,16,17). The van der Waals surface area contributed by atoms with Crippen molar-refractivity contribution in [1.29, 1.82) is 0 Å². The van der Waals surface area contributed by atoms with Gasteiger partial charge in [-0.25, -0.2) is 9.78 Å². The van der Waals surface area contributed by atoms with E-state index in [2.05, 4.69) is 26.2 Å². The minimum absolute atomic E-state index is 0.0276. The summed E-state index contributed by atoms with van der Waals surface area (Å²) in [6, 6.07) is 4.72. The fraction of sp³-hybridized carbons (Fsp3) is 0.154. The largest absolute Gasteiger partial charge is 0.507 e. The molecule has 1 aromatic carbocycles. The van der Waals surface area contributed by atoms with Gasteiger partial charge in [0.25, 0.3) is 5.91 Å². The van der Waals surface area contributed by atoms with Gasteiger partial charge in [-0.3, -0.25) is 10.1 Å². The number of amides is 1. The van der Waals surface area contributed by atoms with E-state index in [-0.39, 0.29) is 11.3 Å². The number of rotatable bonds is 4. The molecule has 2 rings (SSSR count). The van der Waals surface area contributed by atoms with Crippen LogP contribution >= 0.6 is 27.3 Å². The van der Waals surface area contributed by atoms with Crippen LogP contribution in [-0.4, -0.2) is 28.6 Å². The monoisotopic (exact) mass is 370 g/mol. The van der Waals surface area contributed by atoms with Gasteiger partial charge >= 0.3 is 5.97 Å². The van der Waals surface area contributed by atoms with Gasteiger partial charge in [-0.2, -0.15) is 0 Å². The first-order valence-corrected chi connectivity index (χ1v) is 7.45. The maximum absolute atomic E-state index is 11.8. The summed E-state index contributed by atoms with van der Waals surface area (Å²) in [5, 5.41) is 12.7. The molecule has 110 valence electrons. The summed E-state index contributed by atoms with van der Waals surface area (Å²) in [4.78, 5) is 27.3. The zero-order chi connectivity index (χ0) is 15.4. The lowest BCUT2D eigenvalue weighted by Gasteiger charge is -2.07. The van der Waals surface area contributed by atoms with Gasteiger partial charge in [0, 0.05) is 0 Å². The third-order valence-electron chi connectivity index (χ3n) is 2.52. The van der Waals surface area contributed by atoms with E-state index in [0.717, 1.165) is 3.79 Å². The Hall–Kier alpha value is -1.93. The number of esters is 1. The Labute approximate surface area is 132 Å². The fourth-order valence-corrected chi connectivity index (χ4v) is 2.62. The number of nitrogens with one attached hydrogen (secondary N) is 1. The zero-order valence-corrected chi connectivity index (χ0v) is 13.3. The number of para-hydroxylation sites is 1. The van der Waals surface area contributed by atoms with Crippen LogP contribution in [0.2, 0.25) is 0 Å². The summed E-state index contributed by atoms with van der Waals surface area (Å²) >= 11 is 4.47. The average Bonchev–Trinajstić information content (AvgIpc) is 2.84. The number of ether oxygens (including phenoxy) is 1. The minimum Gasteiger partial charge on any atom is -0.507 e. The van der Waals surface area contributed by atoms with Gasteiger partial charge in [-0.05, 0) is 34.5 Å². The van der Waals surface area contributed by atoms with Crippen molar-refractivity contribution in [3.05, 3.63) is 39.3 Å². The second kappa shape index (κ2) is 6.68. The van der Waals surface area contributed by atoms with E-state index < -0.39 is 18.5 Å². The van der Waals surface area contributed by atoms with Gasteiger partial charge in [0.1, 0.15) is 11.3 Å². The summed E-state index contributed by atoms with van der Waals surface area (Å²) < 4.78 is 5.64. The number of halogens is 1. The molecule has 6 nitrogen and oxygen atoms in total. The Kier molecular flexibility index (Phi) is 4.92. The van der Waals surface area contributed by atoms with Crippen molar-refractivity contribution in [2.24, 2.45) is 0 Å². The van der Waals surface area contributed by atoms with Crippen LogP contribution in [0.1, 0.15) is 15.9 Å². The molecule has 0 aliphatic heterocycles. The van der Waals surface area contributed by atoms with E-state index in [9.17, 15) is 14.7 Å². The van der Waals surface area contributed by atoms with Crippen molar-refractivity contribution in [3.8, 4) is 5.75 Å². The molecule has 0 fully saturated rings. The van der Waals surface area contributed by atoms with E-state index in [4.69, 9.17) is 4.74 Å². The van der Waals surface area contributed by atoms with Crippen LogP contribution in [0.5, 0.6) is 5.75 Å². The molecule has 2 N–H and O–H groups in total.